The van der Waals surface area contributed by atoms with Crippen LogP contribution in [0.15, 0.2) is 82.5 Å². The minimum absolute atomic E-state index is 0.550. The highest BCUT2D eigenvalue weighted by Crippen LogP contribution is 2.40. The summed E-state index contributed by atoms with van der Waals surface area (Å²) in [5, 5.41) is 0. The summed E-state index contributed by atoms with van der Waals surface area (Å²) in [5.41, 5.74) is 7.51. The van der Waals surface area contributed by atoms with E-state index in [0.29, 0.717) is 11.8 Å². The summed E-state index contributed by atoms with van der Waals surface area (Å²) >= 11 is 0. The Kier molecular flexibility index (Phi) is 5.00. The van der Waals surface area contributed by atoms with Crippen LogP contribution in [0.4, 0.5) is 0 Å². The molecule has 0 aromatic rings. The van der Waals surface area contributed by atoms with Gasteiger partial charge in [0.25, 0.3) is 0 Å². The van der Waals surface area contributed by atoms with Crippen molar-refractivity contribution in [2.75, 3.05) is 0 Å². The molecule has 0 bridgehead atoms. The second-order valence-corrected chi connectivity index (χ2v) is 6.89. The summed E-state index contributed by atoms with van der Waals surface area (Å²) in [6, 6.07) is 0. The molecule has 0 saturated carbocycles. The van der Waals surface area contributed by atoms with Crippen LogP contribution in [0.1, 0.15) is 46.5 Å². The first kappa shape index (κ1) is 16.1. The van der Waals surface area contributed by atoms with E-state index in [9.17, 15) is 0 Å². The summed E-state index contributed by atoms with van der Waals surface area (Å²) in [6.07, 6.45) is 25.7. The molecule has 0 amide bonds. The highest BCUT2D eigenvalue weighted by Gasteiger charge is 2.25. The zero-order valence-corrected chi connectivity index (χ0v) is 14.7. The van der Waals surface area contributed by atoms with Gasteiger partial charge in [-0.05, 0) is 68.7 Å². The van der Waals surface area contributed by atoms with Gasteiger partial charge in [0.2, 0.25) is 0 Å². The average Bonchev–Trinajstić information content (AvgIpc) is 2.62. The fourth-order valence-corrected chi connectivity index (χ4v) is 3.96. The van der Waals surface area contributed by atoms with Gasteiger partial charge in [0.15, 0.2) is 0 Å². The zero-order chi connectivity index (χ0) is 16.2. The Labute approximate surface area is 141 Å². The normalized spacial score (nSPS) is 28.0. The molecule has 0 spiro atoms. The number of hydrogen-bond acceptors (Lipinski definition) is 0. The maximum absolute atomic E-state index is 2.50. The lowest BCUT2D eigenvalue weighted by Crippen LogP contribution is -2.15. The lowest BCUT2D eigenvalue weighted by Gasteiger charge is -2.30. The molecule has 2 unspecified atom stereocenters. The standard InChI is InChI=1S/C23H28/c1-4-17(2)21-15-14-20(16-18(21)3)23-13-9-8-12-22(23)19-10-6-5-7-11-19/h4-7,10,12-15,19-20H,8-9,11,16H2,1-3H3. The Hall–Kier alpha value is -1.82. The van der Waals surface area contributed by atoms with Crippen LogP contribution in [0.5, 0.6) is 0 Å². The van der Waals surface area contributed by atoms with Crippen LogP contribution < -0.4 is 0 Å². The number of rotatable bonds is 3. The fourth-order valence-electron chi connectivity index (χ4n) is 3.96. The zero-order valence-electron chi connectivity index (χ0n) is 14.7. The van der Waals surface area contributed by atoms with Gasteiger partial charge in [0.05, 0.1) is 0 Å². The Morgan fingerprint density at radius 2 is 1.78 bits per heavy atom. The minimum Gasteiger partial charge on any atom is -0.0841 e. The Balaban J connectivity index is 1.82. The van der Waals surface area contributed by atoms with Gasteiger partial charge >= 0.3 is 0 Å². The smallest absolute Gasteiger partial charge is 0.00583 e. The molecule has 3 aliphatic rings. The van der Waals surface area contributed by atoms with Crippen molar-refractivity contribution in [1.82, 2.24) is 0 Å². The van der Waals surface area contributed by atoms with E-state index in [1.165, 1.54) is 29.6 Å². The molecule has 120 valence electrons. The van der Waals surface area contributed by atoms with Gasteiger partial charge in [0, 0.05) is 11.8 Å². The maximum Gasteiger partial charge on any atom is 0.00583 e. The molecule has 2 atom stereocenters. The molecule has 0 nitrogen and oxygen atoms in total. The van der Waals surface area contributed by atoms with Crippen molar-refractivity contribution >= 4 is 0 Å². The summed E-state index contributed by atoms with van der Waals surface area (Å²) in [6.45, 7) is 6.64. The van der Waals surface area contributed by atoms with Crippen LogP contribution in [-0.4, -0.2) is 0 Å². The minimum atomic E-state index is 0.550. The molecule has 3 aliphatic carbocycles. The first-order valence-corrected chi connectivity index (χ1v) is 8.95. The first-order chi connectivity index (χ1) is 11.2. The molecular weight excluding hydrogens is 276 g/mol. The Morgan fingerprint density at radius 3 is 2.39 bits per heavy atom. The van der Waals surface area contributed by atoms with E-state index in [-0.39, 0.29) is 0 Å². The quantitative estimate of drug-likeness (QED) is 0.549. The second-order valence-electron chi connectivity index (χ2n) is 6.89. The van der Waals surface area contributed by atoms with Crippen LogP contribution >= 0.6 is 0 Å². The highest BCUT2D eigenvalue weighted by atomic mass is 14.3. The molecule has 0 N–H and O–H groups in total. The van der Waals surface area contributed by atoms with Crippen LogP contribution in [0.25, 0.3) is 0 Å². The van der Waals surface area contributed by atoms with Gasteiger partial charge in [-0.1, -0.05) is 60.3 Å². The van der Waals surface area contributed by atoms with Crippen molar-refractivity contribution in [3.63, 3.8) is 0 Å². The Bertz CT molecular complexity index is 671. The first-order valence-electron chi connectivity index (χ1n) is 8.95. The van der Waals surface area contributed by atoms with E-state index in [1.54, 1.807) is 11.1 Å². The van der Waals surface area contributed by atoms with Gasteiger partial charge in [-0.3, -0.25) is 0 Å². The van der Waals surface area contributed by atoms with Crippen molar-refractivity contribution in [3.05, 3.63) is 82.5 Å². The predicted octanol–water partition coefficient (Wildman–Crippen LogP) is 6.62. The summed E-state index contributed by atoms with van der Waals surface area (Å²) in [7, 11) is 0. The van der Waals surface area contributed by atoms with E-state index in [1.807, 2.05) is 0 Å². The van der Waals surface area contributed by atoms with E-state index in [0.717, 1.165) is 12.8 Å². The van der Waals surface area contributed by atoms with Crippen LogP contribution in [0, 0.1) is 11.8 Å². The van der Waals surface area contributed by atoms with Gasteiger partial charge in [0.1, 0.15) is 0 Å². The van der Waals surface area contributed by atoms with Gasteiger partial charge in [-0.25, -0.2) is 0 Å². The highest BCUT2D eigenvalue weighted by molar-refractivity contribution is 5.49. The van der Waals surface area contributed by atoms with Gasteiger partial charge in [-0.15, -0.1) is 0 Å². The number of allylic oxidation sites excluding steroid dienone is 14. The second kappa shape index (κ2) is 7.17. The van der Waals surface area contributed by atoms with E-state index in [2.05, 4.69) is 75.5 Å². The summed E-state index contributed by atoms with van der Waals surface area (Å²) in [4.78, 5) is 0. The lowest BCUT2D eigenvalue weighted by molar-refractivity contribution is 0.670. The van der Waals surface area contributed by atoms with Crippen LogP contribution in [0.3, 0.4) is 0 Å². The fraction of sp³-hybridized carbons (Fsp3) is 0.391. The topological polar surface area (TPSA) is 0 Å². The van der Waals surface area contributed by atoms with Crippen molar-refractivity contribution < 1.29 is 0 Å². The van der Waals surface area contributed by atoms with Crippen molar-refractivity contribution in [3.8, 4) is 0 Å². The van der Waals surface area contributed by atoms with E-state index < -0.39 is 0 Å². The predicted molar refractivity (Wildman–Crippen MR) is 101 cm³/mol. The molecule has 3 rings (SSSR count). The van der Waals surface area contributed by atoms with Crippen molar-refractivity contribution in [2.45, 2.75) is 46.5 Å². The number of hydrogen-bond donors (Lipinski definition) is 0. The molecule has 0 heterocycles. The maximum atomic E-state index is 2.50. The molecular formula is C23H28. The molecule has 0 fully saturated rings. The molecule has 0 heteroatoms. The molecule has 0 radical (unpaired) electrons. The van der Waals surface area contributed by atoms with E-state index >= 15 is 0 Å². The van der Waals surface area contributed by atoms with Gasteiger partial charge in [-0.2, -0.15) is 0 Å². The SMILES string of the molecule is CC=C(C)C1=C(C)CC(C2=CCCC=C2C2C=CC=CC2)C=C1. The molecule has 23 heavy (non-hydrogen) atoms. The van der Waals surface area contributed by atoms with Gasteiger partial charge < -0.3 is 0 Å². The third-order valence-electron chi connectivity index (χ3n) is 5.35. The summed E-state index contributed by atoms with van der Waals surface area (Å²) < 4.78 is 0. The largest absolute Gasteiger partial charge is 0.0841 e. The van der Waals surface area contributed by atoms with Crippen LogP contribution in [-0.2, 0) is 0 Å². The lowest BCUT2D eigenvalue weighted by atomic mass is 9.75. The van der Waals surface area contributed by atoms with Crippen molar-refractivity contribution in [1.29, 1.82) is 0 Å². The molecule has 0 aromatic heterocycles. The summed E-state index contributed by atoms with van der Waals surface area (Å²) in [5.74, 6) is 1.12. The third kappa shape index (κ3) is 3.42. The Morgan fingerprint density at radius 1 is 1.04 bits per heavy atom. The molecule has 0 saturated heterocycles. The van der Waals surface area contributed by atoms with Crippen LogP contribution in [0.2, 0.25) is 0 Å². The molecule has 0 aromatic carbocycles. The van der Waals surface area contributed by atoms with E-state index in [4.69, 9.17) is 0 Å². The molecule has 0 aliphatic heterocycles. The average molecular weight is 304 g/mol. The van der Waals surface area contributed by atoms with Crippen molar-refractivity contribution in [2.24, 2.45) is 11.8 Å². The third-order valence-corrected chi connectivity index (χ3v) is 5.35. The monoisotopic (exact) mass is 304 g/mol.